The number of hydrogen-bond acceptors (Lipinski definition) is 3. The van der Waals surface area contributed by atoms with E-state index in [9.17, 15) is 13.2 Å². The third-order valence-corrected chi connectivity index (χ3v) is 5.41. The predicted octanol–water partition coefficient (Wildman–Crippen LogP) is 3.77. The van der Waals surface area contributed by atoms with Gasteiger partial charge in [-0.25, -0.2) is 8.42 Å². The number of rotatable bonds is 5. The van der Waals surface area contributed by atoms with E-state index < -0.39 is 10.0 Å². The topological polar surface area (TPSA) is 66.5 Å². The molecule has 1 amide bonds. The first kappa shape index (κ1) is 19.0. The van der Waals surface area contributed by atoms with Crippen molar-refractivity contribution in [3.05, 3.63) is 59.2 Å². The minimum absolute atomic E-state index is 0.265. The fourth-order valence-corrected chi connectivity index (χ4v) is 3.09. The molecule has 134 valence electrons. The Morgan fingerprint density at radius 1 is 1.08 bits per heavy atom. The fourth-order valence-electron chi connectivity index (χ4n) is 2.54. The molecule has 25 heavy (non-hydrogen) atoms. The van der Waals surface area contributed by atoms with Gasteiger partial charge in [-0.3, -0.25) is 9.10 Å². The zero-order valence-electron chi connectivity index (χ0n) is 15.2. The summed E-state index contributed by atoms with van der Waals surface area (Å²) in [5, 5.41) is 2.86. The molecular weight excluding hydrogens is 336 g/mol. The molecule has 2 rings (SSSR count). The maximum atomic E-state index is 12.6. The van der Waals surface area contributed by atoms with Crippen LogP contribution in [0, 0.1) is 6.92 Å². The Bertz CT molecular complexity index is 872. The van der Waals surface area contributed by atoms with E-state index in [0.717, 1.165) is 6.26 Å². The molecule has 0 radical (unpaired) electrons. The molecule has 0 heterocycles. The fraction of sp³-hybridized carbons (Fsp3) is 0.316. The molecule has 0 saturated heterocycles. The van der Waals surface area contributed by atoms with Gasteiger partial charge < -0.3 is 5.32 Å². The normalized spacial score (nSPS) is 11.4. The van der Waals surface area contributed by atoms with Crippen molar-refractivity contribution in [1.29, 1.82) is 0 Å². The average molecular weight is 360 g/mol. The number of benzene rings is 2. The van der Waals surface area contributed by atoms with Crippen molar-refractivity contribution >= 4 is 27.3 Å². The summed E-state index contributed by atoms with van der Waals surface area (Å²) in [4.78, 5) is 12.6. The first-order chi connectivity index (χ1) is 11.6. The van der Waals surface area contributed by atoms with E-state index in [1.165, 1.54) is 16.9 Å². The molecule has 0 aliphatic heterocycles. The second-order valence-electron chi connectivity index (χ2n) is 6.41. The molecule has 0 spiro atoms. The number of hydrogen-bond donors (Lipinski definition) is 1. The third-order valence-electron chi connectivity index (χ3n) is 4.22. The number of carbonyl (C=O) groups excluding carboxylic acids is 1. The Morgan fingerprint density at radius 3 is 2.20 bits per heavy atom. The second-order valence-corrected chi connectivity index (χ2v) is 8.42. The van der Waals surface area contributed by atoms with E-state index in [0.29, 0.717) is 28.4 Å². The van der Waals surface area contributed by atoms with Crippen molar-refractivity contribution in [3.8, 4) is 0 Å². The number of sulfonamides is 1. The molecule has 0 fully saturated rings. The largest absolute Gasteiger partial charge is 0.322 e. The second kappa shape index (κ2) is 7.27. The van der Waals surface area contributed by atoms with Crippen LogP contribution in [0.25, 0.3) is 0 Å². The Morgan fingerprint density at radius 2 is 1.68 bits per heavy atom. The van der Waals surface area contributed by atoms with Crippen LogP contribution >= 0.6 is 0 Å². The Hall–Kier alpha value is -2.34. The van der Waals surface area contributed by atoms with Crippen molar-refractivity contribution in [2.75, 3.05) is 22.9 Å². The van der Waals surface area contributed by atoms with Gasteiger partial charge >= 0.3 is 0 Å². The van der Waals surface area contributed by atoms with Crippen molar-refractivity contribution < 1.29 is 13.2 Å². The molecule has 5 nitrogen and oxygen atoms in total. The van der Waals surface area contributed by atoms with Gasteiger partial charge in [0.15, 0.2) is 0 Å². The lowest BCUT2D eigenvalue weighted by Crippen LogP contribution is -2.26. The van der Waals surface area contributed by atoms with Crippen LogP contribution in [0.4, 0.5) is 11.4 Å². The molecule has 6 heteroatoms. The van der Waals surface area contributed by atoms with Gasteiger partial charge in [0.25, 0.3) is 5.91 Å². The van der Waals surface area contributed by atoms with E-state index in [1.807, 2.05) is 24.3 Å². The van der Waals surface area contributed by atoms with Gasteiger partial charge in [0.05, 0.1) is 11.9 Å². The number of nitrogens with one attached hydrogen (secondary N) is 1. The summed E-state index contributed by atoms with van der Waals surface area (Å²) < 4.78 is 24.7. The maximum absolute atomic E-state index is 12.6. The van der Waals surface area contributed by atoms with Crippen LogP contribution in [0.1, 0.15) is 41.3 Å². The standard InChI is InChI=1S/C19H24N2O3S/c1-13(2)15-9-11-16(12-10-15)20-19(22)17-7-6-8-18(14(17)3)21(4)25(5,23)24/h6-13H,1-5H3,(H,20,22). The molecule has 2 aromatic rings. The zero-order valence-corrected chi connectivity index (χ0v) is 16.0. The zero-order chi connectivity index (χ0) is 18.8. The minimum atomic E-state index is -3.39. The minimum Gasteiger partial charge on any atom is -0.322 e. The number of anilines is 2. The van der Waals surface area contributed by atoms with Gasteiger partial charge in [-0.05, 0) is 48.2 Å². The van der Waals surface area contributed by atoms with Gasteiger partial charge in [0.2, 0.25) is 10.0 Å². The van der Waals surface area contributed by atoms with Gasteiger partial charge in [-0.1, -0.05) is 32.0 Å². The van der Waals surface area contributed by atoms with Gasteiger partial charge in [-0.15, -0.1) is 0 Å². The highest BCUT2D eigenvalue weighted by Gasteiger charge is 2.18. The molecule has 0 bridgehead atoms. The highest BCUT2D eigenvalue weighted by Crippen LogP contribution is 2.25. The van der Waals surface area contributed by atoms with E-state index in [1.54, 1.807) is 25.1 Å². The Balaban J connectivity index is 2.28. The molecule has 1 N–H and O–H groups in total. The number of carbonyl (C=O) groups is 1. The summed E-state index contributed by atoms with van der Waals surface area (Å²) in [5.74, 6) is 0.161. The van der Waals surface area contributed by atoms with Crippen LogP contribution < -0.4 is 9.62 Å². The lowest BCUT2D eigenvalue weighted by molar-refractivity contribution is 0.102. The lowest BCUT2D eigenvalue weighted by atomic mass is 10.0. The van der Waals surface area contributed by atoms with E-state index in [4.69, 9.17) is 0 Å². The summed E-state index contributed by atoms with van der Waals surface area (Å²) in [5.41, 5.74) is 3.46. The molecule has 0 aromatic heterocycles. The van der Waals surface area contributed by atoms with E-state index in [2.05, 4.69) is 19.2 Å². The summed E-state index contributed by atoms with van der Waals surface area (Å²) in [6, 6.07) is 12.8. The molecule has 0 saturated carbocycles. The van der Waals surface area contributed by atoms with Crippen molar-refractivity contribution in [2.45, 2.75) is 26.7 Å². The first-order valence-corrected chi connectivity index (χ1v) is 9.91. The van der Waals surface area contributed by atoms with Crippen LogP contribution in [-0.4, -0.2) is 27.6 Å². The third kappa shape index (κ3) is 4.39. The van der Waals surface area contributed by atoms with Gasteiger partial charge in [0.1, 0.15) is 0 Å². The predicted molar refractivity (Wildman–Crippen MR) is 103 cm³/mol. The number of amides is 1. The first-order valence-electron chi connectivity index (χ1n) is 8.06. The van der Waals surface area contributed by atoms with Gasteiger partial charge in [-0.2, -0.15) is 0 Å². The van der Waals surface area contributed by atoms with Crippen LogP contribution in [0.5, 0.6) is 0 Å². The Labute approximate surface area is 149 Å². The molecule has 2 aromatic carbocycles. The smallest absolute Gasteiger partial charge is 0.256 e. The van der Waals surface area contributed by atoms with E-state index in [-0.39, 0.29) is 5.91 Å². The maximum Gasteiger partial charge on any atom is 0.256 e. The Kier molecular flexibility index (Phi) is 5.52. The van der Waals surface area contributed by atoms with Crippen molar-refractivity contribution in [1.82, 2.24) is 0 Å². The summed E-state index contributed by atoms with van der Waals surface area (Å²) in [6.45, 7) is 5.97. The molecule has 0 aliphatic carbocycles. The highest BCUT2D eigenvalue weighted by molar-refractivity contribution is 7.92. The average Bonchev–Trinajstić information content (AvgIpc) is 2.54. The summed E-state index contributed by atoms with van der Waals surface area (Å²) >= 11 is 0. The lowest BCUT2D eigenvalue weighted by Gasteiger charge is -2.20. The monoisotopic (exact) mass is 360 g/mol. The number of nitrogens with zero attached hydrogens (tertiary/aromatic N) is 1. The summed E-state index contributed by atoms with van der Waals surface area (Å²) in [6.07, 6.45) is 1.13. The summed E-state index contributed by atoms with van der Waals surface area (Å²) in [7, 11) is -1.91. The molecular formula is C19H24N2O3S. The van der Waals surface area contributed by atoms with E-state index >= 15 is 0 Å². The van der Waals surface area contributed by atoms with Crippen LogP contribution in [0.3, 0.4) is 0 Å². The van der Waals surface area contributed by atoms with Crippen LogP contribution in [0.2, 0.25) is 0 Å². The molecule has 0 aliphatic rings. The van der Waals surface area contributed by atoms with Crippen molar-refractivity contribution in [2.24, 2.45) is 0 Å². The highest BCUT2D eigenvalue weighted by atomic mass is 32.2. The molecule has 0 atom stereocenters. The van der Waals surface area contributed by atoms with Crippen LogP contribution in [0.15, 0.2) is 42.5 Å². The quantitative estimate of drug-likeness (QED) is 0.883. The SMILES string of the molecule is Cc1c(C(=O)Nc2ccc(C(C)C)cc2)cccc1N(C)S(C)(=O)=O. The van der Waals surface area contributed by atoms with Gasteiger partial charge in [0, 0.05) is 18.3 Å². The van der Waals surface area contributed by atoms with Crippen molar-refractivity contribution in [3.63, 3.8) is 0 Å². The molecule has 0 unspecified atom stereocenters. The van der Waals surface area contributed by atoms with Crippen LogP contribution in [-0.2, 0) is 10.0 Å².